The van der Waals surface area contributed by atoms with Crippen molar-refractivity contribution in [2.24, 2.45) is 0 Å². The summed E-state index contributed by atoms with van der Waals surface area (Å²) in [6, 6.07) is 147. The first-order valence-electron chi connectivity index (χ1n) is 33.3. The van der Waals surface area contributed by atoms with Crippen LogP contribution in [0.4, 0.5) is 34.1 Å². The number of hydrogen-bond donors (Lipinski definition) is 0. The van der Waals surface area contributed by atoms with E-state index in [2.05, 4.69) is 403 Å². The SMILES string of the molecule is c1ccc(-c2cccc(N3c4cc(-c5ccccc5)ccc4B4c5cc([Si](c6ccccc6)(c6ccccc6)c6ccccc6)ccc5N(c5ccc([Si](c6ccccc6)(c6ccccc6)c6ccccc6)cc5)c5cc(-n6c7ccccc7c7ccccc76)cc3c54)c2)cc1. The van der Waals surface area contributed by atoms with Crippen molar-refractivity contribution in [3.8, 4) is 27.9 Å². The van der Waals surface area contributed by atoms with E-state index < -0.39 is 16.1 Å². The highest BCUT2D eigenvalue weighted by atomic mass is 28.3. The van der Waals surface area contributed by atoms with E-state index in [1.165, 1.54) is 79.8 Å². The van der Waals surface area contributed by atoms with Gasteiger partial charge in [0.05, 0.1) is 16.7 Å². The predicted octanol–water partition coefficient (Wildman–Crippen LogP) is 15.0. The summed E-state index contributed by atoms with van der Waals surface area (Å²) in [5.74, 6) is 0. The third kappa shape index (κ3) is 9.09. The monoisotopic (exact) mass is 1250 g/mol. The van der Waals surface area contributed by atoms with Crippen molar-refractivity contribution in [3.63, 3.8) is 0 Å². The molecule has 0 aliphatic carbocycles. The quantitative estimate of drug-likeness (QED) is 0.0842. The van der Waals surface area contributed by atoms with Crippen LogP contribution in [0.5, 0.6) is 0 Å². The van der Waals surface area contributed by atoms with Crippen LogP contribution in [0, 0.1) is 0 Å². The Morgan fingerprint density at radius 1 is 0.208 bits per heavy atom. The van der Waals surface area contributed by atoms with Crippen LogP contribution in [0.2, 0.25) is 0 Å². The van der Waals surface area contributed by atoms with Gasteiger partial charge >= 0.3 is 0 Å². The fraction of sp³-hybridized carbons (Fsp3) is 0. The van der Waals surface area contributed by atoms with E-state index in [0.29, 0.717) is 0 Å². The van der Waals surface area contributed by atoms with Crippen LogP contribution >= 0.6 is 0 Å². The van der Waals surface area contributed by atoms with Crippen LogP contribution in [0.15, 0.2) is 388 Å². The number of rotatable bonds is 13. The Hall–Kier alpha value is -11.8. The van der Waals surface area contributed by atoms with E-state index in [1.54, 1.807) is 0 Å². The minimum absolute atomic E-state index is 0.204. The molecule has 0 atom stereocenters. The Morgan fingerprint density at radius 2 is 0.583 bits per heavy atom. The maximum atomic E-state index is 2.66. The summed E-state index contributed by atoms with van der Waals surface area (Å²) in [5, 5.41) is 13.1. The third-order valence-electron chi connectivity index (χ3n) is 20.4. The molecular weight excluding hydrogens is 1190 g/mol. The smallest absolute Gasteiger partial charge is 0.252 e. The zero-order chi connectivity index (χ0) is 63.6. The van der Waals surface area contributed by atoms with Crippen molar-refractivity contribution >= 4 is 137 Å². The maximum absolute atomic E-state index is 3.09. The van der Waals surface area contributed by atoms with Gasteiger partial charge in [0.25, 0.3) is 6.71 Å². The molecule has 3 nitrogen and oxygen atoms in total. The molecule has 1 aromatic heterocycles. The molecule has 0 saturated heterocycles. The van der Waals surface area contributed by atoms with Crippen LogP contribution in [-0.4, -0.2) is 27.4 Å². The Morgan fingerprint density at radius 3 is 1.05 bits per heavy atom. The average molecular weight is 1250 g/mol. The fourth-order valence-electron chi connectivity index (χ4n) is 16.4. The van der Waals surface area contributed by atoms with Gasteiger partial charge in [-0.2, -0.15) is 0 Å². The second-order valence-corrected chi connectivity index (χ2v) is 33.1. The number of aromatic nitrogens is 1. The molecule has 0 unspecified atom stereocenters. The Labute approximate surface area is 563 Å². The Balaban J connectivity index is 0.973. The number of hydrogen-bond acceptors (Lipinski definition) is 2. The Bertz CT molecular complexity index is 5280. The summed E-state index contributed by atoms with van der Waals surface area (Å²) >= 11 is 0. The molecule has 6 heteroatoms. The van der Waals surface area contributed by atoms with E-state index in [1.807, 2.05) is 0 Å². The van der Waals surface area contributed by atoms with Gasteiger partial charge < -0.3 is 14.4 Å². The normalized spacial score (nSPS) is 12.5. The van der Waals surface area contributed by atoms with Crippen LogP contribution < -0.4 is 67.7 Å². The maximum Gasteiger partial charge on any atom is 0.252 e. The number of fused-ring (bicyclic) bond motifs is 7. The van der Waals surface area contributed by atoms with E-state index in [9.17, 15) is 0 Å². The van der Waals surface area contributed by atoms with Gasteiger partial charge in [-0.05, 0) is 141 Å². The number of anilines is 6. The lowest BCUT2D eigenvalue weighted by molar-refractivity contribution is 1.16. The molecule has 0 fully saturated rings. The number of para-hydroxylation sites is 2. The first-order chi connectivity index (χ1) is 47.6. The van der Waals surface area contributed by atoms with Gasteiger partial charge in [-0.3, -0.25) is 0 Å². The summed E-state index contributed by atoms with van der Waals surface area (Å²) in [6.45, 7) is -0.204. The molecule has 0 saturated carbocycles. The molecule has 3 heterocycles. The van der Waals surface area contributed by atoms with Crippen LogP contribution in [0.25, 0.3) is 49.7 Å². The van der Waals surface area contributed by atoms with Gasteiger partial charge in [0.1, 0.15) is 0 Å². The minimum atomic E-state index is -3.09. The van der Waals surface area contributed by atoms with Crippen molar-refractivity contribution in [2.75, 3.05) is 9.80 Å². The van der Waals surface area contributed by atoms with Crippen molar-refractivity contribution < 1.29 is 0 Å². The number of nitrogens with zero attached hydrogens (tertiary/aromatic N) is 3. The molecule has 2 aliphatic rings. The fourth-order valence-corrected chi connectivity index (χ4v) is 25.9. The van der Waals surface area contributed by atoms with Crippen LogP contribution in [0.3, 0.4) is 0 Å². The van der Waals surface area contributed by atoms with Gasteiger partial charge in [-0.15, -0.1) is 0 Å². The van der Waals surface area contributed by atoms with Crippen LogP contribution in [-0.2, 0) is 0 Å². The van der Waals surface area contributed by atoms with E-state index in [0.717, 1.165) is 62.0 Å². The molecule has 0 N–H and O–H groups in total. The second kappa shape index (κ2) is 23.6. The zero-order valence-corrected chi connectivity index (χ0v) is 54.9. The van der Waals surface area contributed by atoms with Gasteiger partial charge in [0.15, 0.2) is 16.1 Å². The molecule has 16 aromatic rings. The summed E-state index contributed by atoms with van der Waals surface area (Å²) in [4.78, 5) is 5.23. The Kier molecular flexibility index (Phi) is 14.0. The lowest BCUT2D eigenvalue weighted by Gasteiger charge is -2.45. The first-order valence-corrected chi connectivity index (χ1v) is 37.3. The van der Waals surface area contributed by atoms with E-state index in [4.69, 9.17) is 0 Å². The molecule has 15 aromatic carbocycles. The first kappa shape index (κ1) is 56.9. The molecule has 18 rings (SSSR count). The van der Waals surface area contributed by atoms with Crippen molar-refractivity contribution in [1.29, 1.82) is 0 Å². The highest BCUT2D eigenvalue weighted by Gasteiger charge is 2.48. The van der Waals surface area contributed by atoms with Crippen molar-refractivity contribution in [2.45, 2.75) is 0 Å². The largest absolute Gasteiger partial charge is 0.311 e. The minimum Gasteiger partial charge on any atom is -0.311 e. The third-order valence-corrected chi connectivity index (χ3v) is 30.0. The number of benzene rings is 15. The zero-order valence-electron chi connectivity index (χ0n) is 52.9. The highest BCUT2D eigenvalue weighted by Crippen LogP contribution is 2.47. The van der Waals surface area contributed by atoms with E-state index in [-0.39, 0.29) is 6.71 Å². The van der Waals surface area contributed by atoms with E-state index >= 15 is 0 Å². The van der Waals surface area contributed by atoms with Gasteiger partial charge in [-0.1, -0.05) is 328 Å². The van der Waals surface area contributed by atoms with Crippen molar-refractivity contribution in [1.82, 2.24) is 4.57 Å². The molecule has 0 spiro atoms. The molecule has 450 valence electrons. The summed E-state index contributed by atoms with van der Waals surface area (Å²) < 4.78 is 2.52. The summed E-state index contributed by atoms with van der Waals surface area (Å²) in [6.07, 6.45) is 0. The summed E-state index contributed by atoms with van der Waals surface area (Å²) in [5.41, 5.74) is 18.6. The molecule has 96 heavy (non-hydrogen) atoms. The highest BCUT2D eigenvalue weighted by molar-refractivity contribution is 7.20. The van der Waals surface area contributed by atoms with Gasteiger partial charge in [0.2, 0.25) is 0 Å². The molecule has 0 amide bonds. The van der Waals surface area contributed by atoms with Gasteiger partial charge in [0, 0.05) is 44.9 Å². The topological polar surface area (TPSA) is 11.4 Å². The lowest BCUT2D eigenvalue weighted by Crippen LogP contribution is -2.75. The molecule has 2 aliphatic heterocycles. The lowest BCUT2D eigenvalue weighted by atomic mass is 9.33. The predicted molar refractivity (Wildman–Crippen MR) is 413 cm³/mol. The average Bonchev–Trinajstić information content (AvgIpc) is 0.755. The molecular formula is C90H64BN3Si2. The standard InChI is InChI=1S/C90H64BN3Si2/c1-9-30-65(31-10-1)67-34-29-35-70(60-67)93-87-61-68(66-32-11-2-12-33-66)52-58-82(87)91-83-64-79(96(75-42-19-6-20-43-75,76-44-21-7-22-45-76)77-46-23-8-24-47-77)57-59-86(83)92(88-62-71(63-89(93)90(88)91)94-84-50-27-25-48-80(84)81-49-26-28-51-85(81)94)69-53-55-78(56-54-69)95(72-36-13-3-14-37-72,73-38-15-4-16-39-73)74-40-17-5-18-41-74/h1-64H. The van der Waals surface area contributed by atoms with Crippen LogP contribution in [0.1, 0.15) is 0 Å². The second-order valence-electron chi connectivity index (χ2n) is 25.4. The van der Waals surface area contributed by atoms with Gasteiger partial charge in [-0.25, -0.2) is 0 Å². The van der Waals surface area contributed by atoms with Crippen molar-refractivity contribution in [3.05, 3.63) is 388 Å². The summed E-state index contributed by atoms with van der Waals surface area (Å²) in [7, 11) is -6.01. The molecule has 0 bridgehead atoms. The molecule has 0 radical (unpaired) electrons.